The SMILES string of the molecule is Cc1ccc(CCNC(=O)C(F)(F)F)o1. The van der Waals surface area contributed by atoms with Crippen LogP contribution in [0.4, 0.5) is 13.2 Å². The van der Waals surface area contributed by atoms with Crippen LogP contribution in [0.3, 0.4) is 0 Å². The molecule has 0 aliphatic heterocycles. The van der Waals surface area contributed by atoms with Crippen LogP contribution >= 0.6 is 0 Å². The summed E-state index contributed by atoms with van der Waals surface area (Å²) >= 11 is 0. The molecular formula is C9H10F3NO2. The molecule has 1 rings (SSSR count). The number of carbonyl (C=O) groups excluding carboxylic acids is 1. The number of rotatable bonds is 3. The quantitative estimate of drug-likeness (QED) is 0.845. The number of aryl methyl sites for hydroxylation is 1. The van der Waals surface area contributed by atoms with Gasteiger partial charge in [-0.2, -0.15) is 13.2 Å². The Balaban J connectivity index is 2.31. The van der Waals surface area contributed by atoms with Crippen LogP contribution in [0, 0.1) is 6.92 Å². The van der Waals surface area contributed by atoms with Crippen molar-refractivity contribution in [2.75, 3.05) is 6.54 Å². The summed E-state index contributed by atoms with van der Waals surface area (Å²) in [5.74, 6) is -0.687. The van der Waals surface area contributed by atoms with E-state index in [2.05, 4.69) is 0 Å². The first-order valence-electron chi connectivity index (χ1n) is 4.30. The van der Waals surface area contributed by atoms with Crippen molar-refractivity contribution in [1.29, 1.82) is 0 Å². The van der Waals surface area contributed by atoms with E-state index in [4.69, 9.17) is 4.42 Å². The minimum atomic E-state index is -4.82. The predicted octanol–water partition coefficient (Wildman–Crippen LogP) is 1.81. The summed E-state index contributed by atoms with van der Waals surface area (Å²) in [4.78, 5) is 10.4. The number of amides is 1. The lowest BCUT2D eigenvalue weighted by Crippen LogP contribution is -2.37. The van der Waals surface area contributed by atoms with Crippen molar-refractivity contribution in [2.45, 2.75) is 19.5 Å². The molecule has 6 heteroatoms. The number of halogens is 3. The first-order chi connectivity index (χ1) is 6.89. The largest absolute Gasteiger partial charge is 0.471 e. The van der Waals surface area contributed by atoms with Crippen LogP contribution in [0.25, 0.3) is 0 Å². The van der Waals surface area contributed by atoms with Crippen LogP contribution in [0.5, 0.6) is 0 Å². The highest BCUT2D eigenvalue weighted by atomic mass is 19.4. The Kier molecular flexibility index (Phi) is 3.39. The van der Waals surface area contributed by atoms with E-state index in [-0.39, 0.29) is 13.0 Å². The lowest BCUT2D eigenvalue weighted by Gasteiger charge is -2.06. The van der Waals surface area contributed by atoms with Crippen molar-refractivity contribution in [2.24, 2.45) is 0 Å². The second-order valence-electron chi connectivity index (χ2n) is 3.02. The summed E-state index contributed by atoms with van der Waals surface area (Å²) in [6, 6.07) is 3.37. The van der Waals surface area contributed by atoms with E-state index in [0.29, 0.717) is 11.5 Å². The van der Waals surface area contributed by atoms with E-state index >= 15 is 0 Å². The van der Waals surface area contributed by atoms with Gasteiger partial charge in [0.1, 0.15) is 11.5 Å². The fraction of sp³-hybridized carbons (Fsp3) is 0.444. The van der Waals surface area contributed by atoms with E-state index in [0.717, 1.165) is 0 Å². The summed E-state index contributed by atoms with van der Waals surface area (Å²) in [5, 5.41) is 1.76. The lowest BCUT2D eigenvalue weighted by molar-refractivity contribution is -0.173. The first-order valence-corrected chi connectivity index (χ1v) is 4.30. The third-order valence-electron chi connectivity index (χ3n) is 1.71. The molecule has 0 unspecified atom stereocenters. The average Bonchev–Trinajstić information content (AvgIpc) is 2.49. The Morgan fingerprint density at radius 1 is 1.47 bits per heavy atom. The maximum atomic E-state index is 11.7. The topological polar surface area (TPSA) is 42.2 Å². The zero-order chi connectivity index (χ0) is 11.5. The molecule has 1 heterocycles. The fourth-order valence-electron chi connectivity index (χ4n) is 1.02. The van der Waals surface area contributed by atoms with E-state index in [9.17, 15) is 18.0 Å². The predicted molar refractivity (Wildman–Crippen MR) is 46.2 cm³/mol. The molecule has 0 spiro atoms. The molecule has 0 atom stereocenters. The summed E-state index contributed by atoms with van der Waals surface area (Å²) in [5.41, 5.74) is 0. The molecule has 0 aliphatic rings. The van der Waals surface area contributed by atoms with Crippen LogP contribution in [0.2, 0.25) is 0 Å². The molecule has 0 fully saturated rings. The van der Waals surface area contributed by atoms with Crippen LogP contribution in [0.1, 0.15) is 11.5 Å². The van der Waals surface area contributed by atoms with Gasteiger partial charge in [0.25, 0.3) is 0 Å². The van der Waals surface area contributed by atoms with Crippen LogP contribution in [0.15, 0.2) is 16.5 Å². The Hall–Kier alpha value is -1.46. The molecule has 0 saturated carbocycles. The van der Waals surface area contributed by atoms with Gasteiger partial charge in [-0.1, -0.05) is 0 Å². The second-order valence-corrected chi connectivity index (χ2v) is 3.02. The fourth-order valence-corrected chi connectivity index (χ4v) is 1.02. The Labute approximate surface area is 84.3 Å². The number of hydrogen-bond acceptors (Lipinski definition) is 2. The molecule has 0 saturated heterocycles. The Bertz CT molecular complexity index is 343. The van der Waals surface area contributed by atoms with Gasteiger partial charge in [-0.25, -0.2) is 0 Å². The summed E-state index contributed by atoms with van der Waals surface area (Å²) in [6.45, 7) is 1.64. The summed E-state index contributed by atoms with van der Waals surface area (Å²) in [7, 11) is 0. The van der Waals surface area contributed by atoms with Gasteiger partial charge in [0.05, 0.1) is 0 Å². The maximum Gasteiger partial charge on any atom is 0.471 e. The standard InChI is InChI=1S/C9H10F3NO2/c1-6-2-3-7(15-6)4-5-13-8(14)9(10,11)12/h2-3H,4-5H2,1H3,(H,13,14). The Morgan fingerprint density at radius 3 is 2.60 bits per heavy atom. The van der Waals surface area contributed by atoms with Crippen LogP contribution in [-0.4, -0.2) is 18.6 Å². The molecule has 0 bridgehead atoms. The third-order valence-corrected chi connectivity index (χ3v) is 1.71. The number of nitrogens with one attached hydrogen (secondary N) is 1. The average molecular weight is 221 g/mol. The highest BCUT2D eigenvalue weighted by Gasteiger charge is 2.38. The Morgan fingerprint density at radius 2 is 2.13 bits per heavy atom. The molecule has 0 aromatic carbocycles. The molecule has 3 nitrogen and oxygen atoms in total. The smallest absolute Gasteiger partial charge is 0.466 e. The van der Waals surface area contributed by atoms with Crippen molar-refractivity contribution in [1.82, 2.24) is 5.32 Å². The molecule has 0 radical (unpaired) electrons. The van der Waals surface area contributed by atoms with Gasteiger partial charge >= 0.3 is 12.1 Å². The van der Waals surface area contributed by atoms with Crippen LogP contribution in [-0.2, 0) is 11.2 Å². The monoisotopic (exact) mass is 221 g/mol. The van der Waals surface area contributed by atoms with Crippen molar-refractivity contribution in [3.05, 3.63) is 23.7 Å². The number of hydrogen-bond donors (Lipinski definition) is 1. The van der Waals surface area contributed by atoms with Crippen molar-refractivity contribution in [3.8, 4) is 0 Å². The van der Waals surface area contributed by atoms with E-state index < -0.39 is 12.1 Å². The van der Waals surface area contributed by atoms with Crippen molar-refractivity contribution < 1.29 is 22.4 Å². The van der Waals surface area contributed by atoms with Gasteiger partial charge < -0.3 is 9.73 Å². The summed E-state index contributed by atoms with van der Waals surface area (Å²) < 4.78 is 40.3. The molecule has 1 aromatic heterocycles. The van der Waals surface area contributed by atoms with Gasteiger partial charge in [0.15, 0.2) is 0 Å². The van der Waals surface area contributed by atoms with Gasteiger partial charge in [-0.3, -0.25) is 4.79 Å². The molecule has 1 N–H and O–H groups in total. The first kappa shape index (κ1) is 11.6. The molecule has 15 heavy (non-hydrogen) atoms. The van der Waals surface area contributed by atoms with E-state index in [1.165, 1.54) is 0 Å². The number of alkyl halides is 3. The third kappa shape index (κ3) is 3.65. The molecule has 1 aromatic rings. The van der Waals surface area contributed by atoms with E-state index in [1.54, 1.807) is 24.4 Å². The van der Waals surface area contributed by atoms with Gasteiger partial charge in [-0.05, 0) is 19.1 Å². The minimum Gasteiger partial charge on any atom is -0.466 e. The number of furan rings is 1. The zero-order valence-corrected chi connectivity index (χ0v) is 8.02. The molecule has 84 valence electrons. The van der Waals surface area contributed by atoms with Gasteiger partial charge in [0, 0.05) is 13.0 Å². The molecular weight excluding hydrogens is 211 g/mol. The van der Waals surface area contributed by atoms with Gasteiger partial charge in [0.2, 0.25) is 0 Å². The summed E-state index contributed by atoms with van der Waals surface area (Å²) in [6.07, 6.45) is -4.57. The minimum absolute atomic E-state index is 0.0920. The molecule has 1 amide bonds. The lowest BCUT2D eigenvalue weighted by atomic mass is 10.3. The highest BCUT2D eigenvalue weighted by molar-refractivity contribution is 5.81. The normalized spacial score (nSPS) is 11.5. The second kappa shape index (κ2) is 4.37. The number of carbonyl (C=O) groups is 1. The van der Waals surface area contributed by atoms with Crippen molar-refractivity contribution >= 4 is 5.91 Å². The highest BCUT2D eigenvalue weighted by Crippen LogP contribution is 2.14. The molecule has 0 aliphatic carbocycles. The zero-order valence-electron chi connectivity index (χ0n) is 8.02. The van der Waals surface area contributed by atoms with E-state index in [1.807, 2.05) is 0 Å². The van der Waals surface area contributed by atoms with Crippen LogP contribution < -0.4 is 5.32 Å². The van der Waals surface area contributed by atoms with Crippen molar-refractivity contribution in [3.63, 3.8) is 0 Å². The van der Waals surface area contributed by atoms with Gasteiger partial charge in [-0.15, -0.1) is 0 Å². The maximum absolute atomic E-state index is 11.7.